The second-order valence-electron chi connectivity index (χ2n) is 5.50. The SMILES string of the molecule is CC1COC(CO)CN1C(=O)c1ccc(N(C)C)cc1F. The Morgan fingerprint density at radius 2 is 2.24 bits per heavy atom. The molecule has 1 aromatic carbocycles. The number of ether oxygens (including phenoxy) is 1. The second kappa shape index (κ2) is 6.41. The maximum Gasteiger partial charge on any atom is 0.257 e. The molecule has 0 aromatic heterocycles. The molecule has 2 atom stereocenters. The lowest BCUT2D eigenvalue weighted by Gasteiger charge is -2.37. The van der Waals surface area contributed by atoms with Gasteiger partial charge in [-0.3, -0.25) is 4.79 Å². The van der Waals surface area contributed by atoms with Crippen LogP contribution >= 0.6 is 0 Å². The van der Waals surface area contributed by atoms with Crippen LogP contribution in [-0.4, -0.2) is 61.9 Å². The molecule has 0 spiro atoms. The Kier molecular flexibility index (Phi) is 4.80. The zero-order chi connectivity index (χ0) is 15.6. The number of hydrogen-bond donors (Lipinski definition) is 1. The number of carbonyl (C=O) groups is 1. The summed E-state index contributed by atoms with van der Waals surface area (Å²) < 4.78 is 19.6. The van der Waals surface area contributed by atoms with E-state index >= 15 is 0 Å². The van der Waals surface area contributed by atoms with Crippen molar-refractivity contribution in [3.8, 4) is 0 Å². The minimum absolute atomic E-state index is 0.0473. The summed E-state index contributed by atoms with van der Waals surface area (Å²) in [5.74, 6) is -0.905. The number of carbonyl (C=O) groups excluding carboxylic acids is 1. The topological polar surface area (TPSA) is 53.0 Å². The monoisotopic (exact) mass is 296 g/mol. The van der Waals surface area contributed by atoms with Gasteiger partial charge in [-0.2, -0.15) is 0 Å². The number of amides is 1. The van der Waals surface area contributed by atoms with Gasteiger partial charge in [0, 0.05) is 26.3 Å². The van der Waals surface area contributed by atoms with E-state index in [0.29, 0.717) is 12.3 Å². The molecule has 6 heteroatoms. The van der Waals surface area contributed by atoms with Crippen LogP contribution in [0.4, 0.5) is 10.1 Å². The highest BCUT2D eigenvalue weighted by molar-refractivity contribution is 5.95. The predicted molar refractivity (Wildman–Crippen MR) is 78.1 cm³/mol. The summed E-state index contributed by atoms with van der Waals surface area (Å²) in [4.78, 5) is 15.8. The first-order valence-corrected chi connectivity index (χ1v) is 6.94. The van der Waals surface area contributed by atoms with Crippen LogP contribution in [0.2, 0.25) is 0 Å². The van der Waals surface area contributed by atoms with E-state index in [4.69, 9.17) is 9.84 Å². The average Bonchev–Trinajstić information content (AvgIpc) is 2.47. The molecule has 0 bridgehead atoms. The lowest BCUT2D eigenvalue weighted by atomic mass is 10.1. The molecular weight excluding hydrogens is 275 g/mol. The third kappa shape index (κ3) is 3.33. The van der Waals surface area contributed by atoms with Crippen LogP contribution < -0.4 is 4.90 Å². The van der Waals surface area contributed by atoms with Gasteiger partial charge in [-0.1, -0.05) is 0 Å². The number of morpholine rings is 1. The molecule has 0 saturated carbocycles. The first-order valence-electron chi connectivity index (χ1n) is 6.94. The summed E-state index contributed by atoms with van der Waals surface area (Å²) in [5.41, 5.74) is 0.748. The van der Waals surface area contributed by atoms with E-state index in [9.17, 15) is 9.18 Å². The van der Waals surface area contributed by atoms with Crippen molar-refractivity contribution in [3.63, 3.8) is 0 Å². The van der Waals surface area contributed by atoms with E-state index in [0.717, 1.165) is 0 Å². The van der Waals surface area contributed by atoms with Crippen LogP contribution in [0.15, 0.2) is 18.2 Å². The average molecular weight is 296 g/mol. The molecule has 1 aliphatic heterocycles. The van der Waals surface area contributed by atoms with Gasteiger partial charge < -0.3 is 19.6 Å². The summed E-state index contributed by atoms with van der Waals surface area (Å²) in [6.45, 7) is 2.30. The molecule has 1 amide bonds. The van der Waals surface area contributed by atoms with E-state index in [-0.39, 0.29) is 30.7 Å². The first-order chi connectivity index (χ1) is 9.93. The van der Waals surface area contributed by atoms with Gasteiger partial charge in [-0.15, -0.1) is 0 Å². The number of anilines is 1. The van der Waals surface area contributed by atoms with E-state index in [1.165, 1.54) is 12.1 Å². The molecule has 1 N–H and O–H groups in total. The number of aliphatic hydroxyl groups is 1. The molecule has 2 unspecified atom stereocenters. The van der Waals surface area contributed by atoms with E-state index < -0.39 is 11.9 Å². The van der Waals surface area contributed by atoms with Gasteiger partial charge in [0.15, 0.2) is 0 Å². The largest absolute Gasteiger partial charge is 0.394 e. The fraction of sp³-hybridized carbons (Fsp3) is 0.533. The molecule has 5 nitrogen and oxygen atoms in total. The minimum atomic E-state index is -0.537. The fourth-order valence-corrected chi connectivity index (χ4v) is 2.32. The van der Waals surface area contributed by atoms with Gasteiger partial charge in [0.2, 0.25) is 0 Å². The molecule has 1 aromatic rings. The number of benzene rings is 1. The van der Waals surface area contributed by atoms with Gasteiger partial charge in [-0.25, -0.2) is 4.39 Å². The standard InChI is InChI=1S/C15H21FN2O3/c1-10-9-21-12(8-19)7-18(10)15(20)13-5-4-11(17(2)3)6-14(13)16/h4-6,10,12,19H,7-9H2,1-3H3. The maximum atomic E-state index is 14.2. The van der Waals surface area contributed by atoms with Gasteiger partial charge in [0.1, 0.15) is 5.82 Å². The third-order valence-corrected chi connectivity index (χ3v) is 3.67. The molecule has 1 fully saturated rings. The van der Waals surface area contributed by atoms with Crippen molar-refractivity contribution in [2.24, 2.45) is 0 Å². The number of rotatable bonds is 3. The smallest absolute Gasteiger partial charge is 0.257 e. The Labute approximate surface area is 123 Å². The highest BCUT2D eigenvalue weighted by atomic mass is 19.1. The van der Waals surface area contributed by atoms with E-state index in [2.05, 4.69) is 0 Å². The van der Waals surface area contributed by atoms with Crippen LogP contribution in [0.3, 0.4) is 0 Å². The lowest BCUT2D eigenvalue weighted by molar-refractivity contribution is -0.0668. The summed E-state index contributed by atoms with van der Waals surface area (Å²) in [7, 11) is 3.62. The highest BCUT2D eigenvalue weighted by Gasteiger charge is 2.31. The van der Waals surface area contributed by atoms with Crippen LogP contribution in [0.1, 0.15) is 17.3 Å². The quantitative estimate of drug-likeness (QED) is 0.908. The molecule has 1 saturated heterocycles. The molecule has 0 aliphatic carbocycles. The normalized spacial score (nSPS) is 22.2. The molecular formula is C15H21FN2O3. The van der Waals surface area contributed by atoms with Crippen LogP contribution in [0.25, 0.3) is 0 Å². The zero-order valence-corrected chi connectivity index (χ0v) is 12.5. The van der Waals surface area contributed by atoms with Crippen LogP contribution in [0, 0.1) is 5.82 Å². The lowest BCUT2D eigenvalue weighted by Crippen LogP contribution is -2.52. The van der Waals surface area contributed by atoms with Crippen molar-refractivity contribution in [2.45, 2.75) is 19.1 Å². The second-order valence-corrected chi connectivity index (χ2v) is 5.50. The van der Waals surface area contributed by atoms with E-state index in [1.54, 1.807) is 15.9 Å². The fourth-order valence-electron chi connectivity index (χ4n) is 2.32. The molecule has 2 rings (SSSR count). The Morgan fingerprint density at radius 1 is 1.52 bits per heavy atom. The van der Waals surface area contributed by atoms with Gasteiger partial charge in [-0.05, 0) is 25.1 Å². The van der Waals surface area contributed by atoms with Crippen LogP contribution in [0.5, 0.6) is 0 Å². The summed E-state index contributed by atoms with van der Waals surface area (Å²) in [6.07, 6.45) is -0.408. The Bertz CT molecular complexity index is 522. The maximum absolute atomic E-state index is 14.2. The summed E-state index contributed by atoms with van der Waals surface area (Å²) in [6, 6.07) is 4.42. The third-order valence-electron chi connectivity index (χ3n) is 3.67. The molecule has 1 heterocycles. The zero-order valence-electron chi connectivity index (χ0n) is 12.5. The molecule has 116 valence electrons. The van der Waals surface area contributed by atoms with Crippen LogP contribution in [-0.2, 0) is 4.74 Å². The first kappa shape index (κ1) is 15.7. The summed E-state index contributed by atoms with van der Waals surface area (Å²) in [5, 5.41) is 9.16. The van der Waals surface area contributed by atoms with Crippen molar-refractivity contribution in [2.75, 3.05) is 38.8 Å². The number of nitrogens with zero attached hydrogens (tertiary/aromatic N) is 2. The Balaban J connectivity index is 2.22. The summed E-state index contributed by atoms with van der Waals surface area (Å²) >= 11 is 0. The van der Waals surface area contributed by atoms with Gasteiger partial charge >= 0.3 is 0 Å². The van der Waals surface area contributed by atoms with Crippen molar-refractivity contribution < 1.29 is 19.0 Å². The molecule has 21 heavy (non-hydrogen) atoms. The number of hydrogen-bond acceptors (Lipinski definition) is 4. The Hall–Kier alpha value is -1.66. The van der Waals surface area contributed by atoms with Crippen molar-refractivity contribution >= 4 is 11.6 Å². The minimum Gasteiger partial charge on any atom is -0.394 e. The van der Waals surface area contributed by atoms with Crippen molar-refractivity contribution in [1.29, 1.82) is 0 Å². The predicted octanol–water partition coefficient (Wildman–Crippen LogP) is 1.11. The van der Waals surface area contributed by atoms with Crippen molar-refractivity contribution in [1.82, 2.24) is 4.90 Å². The molecule has 0 radical (unpaired) electrons. The highest BCUT2D eigenvalue weighted by Crippen LogP contribution is 2.21. The van der Waals surface area contributed by atoms with Crippen molar-refractivity contribution in [3.05, 3.63) is 29.6 Å². The van der Waals surface area contributed by atoms with Gasteiger partial charge in [0.05, 0.1) is 30.9 Å². The van der Waals surface area contributed by atoms with E-state index in [1.807, 2.05) is 21.0 Å². The number of halogens is 1. The van der Waals surface area contributed by atoms with Gasteiger partial charge in [0.25, 0.3) is 5.91 Å². The number of aliphatic hydroxyl groups excluding tert-OH is 1. The molecule has 1 aliphatic rings. The Morgan fingerprint density at radius 3 is 2.81 bits per heavy atom.